The van der Waals surface area contributed by atoms with Gasteiger partial charge in [0.05, 0.1) is 10.3 Å². The molecule has 0 fully saturated rings. The smallest absolute Gasteiger partial charge is 0.191 e. The minimum atomic E-state index is 0.761. The largest absolute Gasteiger partial charge is 0.373 e. The molecule has 0 radical (unpaired) electrons. The van der Waals surface area contributed by atoms with Crippen molar-refractivity contribution in [3.05, 3.63) is 26.9 Å². The number of halogens is 1. The third-order valence-corrected chi connectivity index (χ3v) is 4.39. The van der Waals surface area contributed by atoms with Gasteiger partial charge in [0, 0.05) is 18.0 Å². The molecule has 96 valence electrons. The van der Waals surface area contributed by atoms with Gasteiger partial charge in [-0.25, -0.2) is 9.97 Å². The molecule has 0 amide bonds. The molecular weight excluding hydrogens is 332 g/mol. The fourth-order valence-electron chi connectivity index (χ4n) is 1.36. The van der Waals surface area contributed by atoms with Crippen LogP contribution < -0.4 is 10.6 Å². The predicted molar refractivity (Wildman–Crippen MR) is 82.7 cm³/mol. The summed E-state index contributed by atoms with van der Waals surface area (Å²) in [5.41, 5.74) is 0. The van der Waals surface area contributed by atoms with Gasteiger partial charge in [-0.1, -0.05) is 11.8 Å². The summed E-state index contributed by atoms with van der Waals surface area (Å²) in [6.45, 7) is 0.768. The average molecular weight is 345 g/mol. The Kier molecular flexibility index (Phi) is 4.85. The number of rotatable bonds is 5. The van der Waals surface area contributed by atoms with Crippen molar-refractivity contribution in [2.24, 2.45) is 0 Å². The van der Waals surface area contributed by atoms with Crippen molar-refractivity contribution in [2.75, 3.05) is 23.9 Å². The van der Waals surface area contributed by atoms with Crippen molar-refractivity contribution in [1.29, 1.82) is 0 Å². The fourth-order valence-corrected chi connectivity index (χ4v) is 3.16. The molecule has 0 aromatic carbocycles. The first-order valence-electron chi connectivity index (χ1n) is 5.30. The molecule has 0 aliphatic carbocycles. The van der Waals surface area contributed by atoms with Crippen LogP contribution in [0.1, 0.15) is 4.88 Å². The Balaban J connectivity index is 2.08. The van der Waals surface area contributed by atoms with Crippen LogP contribution in [0, 0.1) is 0 Å². The number of thioether (sulfide) groups is 1. The molecule has 0 unspecified atom stereocenters. The van der Waals surface area contributed by atoms with Crippen molar-refractivity contribution in [3.8, 4) is 0 Å². The normalized spacial score (nSPS) is 10.4. The monoisotopic (exact) mass is 344 g/mol. The SMILES string of the molecule is CNc1cc(NCc2ccc(Br)s2)nc(SC)n1. The van der Waals surface area contributed by atoms with Gasteiger partial charge in [-0.05, 0) is 34.3 Å². The summed E-state index contributed by atoms with van der Waals surface area (Å²) in [4.78, 5) is 10.0. The van der Waals surface area contributed by atoms with Crippen LogP contribution in [0.5, 0.6) is 0 Å². The highest BCUT2D eigenvalue weighted by Crippen LogP contribution is 2.23. The lowest BCUT2D eigenvalue weighted by Crippen LogP contribution is -2.03. The van der Waals surface area contributed by atoms with Gasteiger partial charge in [-0.3, -0.25) is 0 Å². The summed E-state index contributed by atoms with van der Waals surface area (Å²) >= 11 is 6.70. The van der Waals surface area contributed by atoms with Gasteiger partial charge in [0.25, 0.3) is 0 Å². The van der Waals surface area contributed by atoms with Crippen LogP contribution in [0.4, 0.5) is 11.6 Å². The Bertz CT molecular complexity index is 507. The molecule has 2 N–H and O–H groups in total. The lowest BCUT2D eigenvalue weighted by molar-refractivity contribution is 0.961. The molecule has 7 heteroatoms. The first kappa shape index (κ1) is 13.6. The number of aromatic nitrogens is 2. The molecule has 4 nitrogen and oxygen atoms in total. The fraction of sp³-hybridized carbons (Fsp3) is 0.273. The maximum Gasteiger partial charge on any atom is 0.191 e. The molecule has 0 aliphatic heterocycles. The summed E-state index contributed by atoms with van der Waals surface area (Å²) < 4.78 is 1.14. The van der Waals surface area contributed by atoms with E-state index in [0.29, 0.717) is 0 Å². The second-order valence-electron chi connectivity index (χ2n) is 3.43. The summed E-state index contributed by atoms with van der Waals surface area (Å²) in [6, 6.07) is 6.05. The van der Waals surface area contributed by atoms with Crippen molar-refractivity contribution >= 4 is 50.7 Å². The number of hydrogen-bond acceptors (Lipinski definition) is 6. The van der Waals surface area contributed by atoms with E-state index in [1.807, 2.05) is 25.4 Å². The van der Waals surface area contributed by atoms with E-state index in [1.54, 1.807) is 11.3 Å². The molecule has 2 aromatic heterocycles. The molecule has 0 aliphatic rings. The van der Waals surface area contributed by atoms with E-state index in [9.17, 15) is 0 Å². The summed E-state index contributed by atoms with van der Waals surface area (Å²) in [5, 5.41) is 7.10. The molecule has 0 saturated heterocycles. The summed E-state index contributed by atoms with van der Waals surface area (Å²) in [6.07, 6.45) is 1.97. The van der Waals surface area contributed by atoms with Crippen molar-refractivity contribution < 1.29 is 0 Å². The molecule has 0 atom stereocenters. The highest BCUT2D eigenvalue weighted by Gasteiger charge is 2.03. The molecule has 2 rings (SSSR count). The van der Waals surface area contributed by atoms with Gasteiger partial charge in [0.2, 0.25) is 0 Å². The minimum Gasteiger partial charge on any atom is -0.373 e. The maximum atomic E-state index is 4.42. The minimum absolute atomic E-state index is 0.761. The van der Waals surface area contributed by atoms with Gasteiger partial charge in [0.1, 0.15) is 11.6 Å². The van der Waals surface area contributed by atoms with E-state index >= 15 is 0 Å². The molecule has 0 bridgehead atoms. The molecule has 2 aromatic rings. The van der Waals surface area contributed by atoms with Crippen molar-refractivity contribution in [2.45, 2.75) is 11.7 Å². The molecule has 2 heterocycles. The van der Waals surface area contributed by atoms with E-state index in [4.69, 9.17) is 0 Å². The predicted octanol–water partition coefficient (Wildman–Crippen LogP) is 3.68. The second kappa shape index (κ2) is 6.40. The first-order chi connectivity index (χ1) is 8.71. The molecular formula is C11H13BrN4S2. The third-order valence-electron chi connectivity index (χ3n) is 2.22. The van der Waals surface area contributed by atoms with Crippen LogP contribution >= 0.6 is 39.0 Å². The van der Waals surface area contributed by atoms with Crippen LogP contribution in [0.3, 0.4) is 0 Å². The molecule has 0 saturated carbocycles. The maximum absolute atomic E-state index is 4.42. The zero-order valence-corrected chi connectivity index (χ0v) is 13.2. The van der Waals surface area contributed by atoms with E-state index in [0.717, 1.165) is 27.1 Å². The Morgan fingerprint density at radius 2 is 2.11 bits per heavy atom. The number of hydrogen-bond donors (Lipinski definition) is 2. The Morgan fingerprint density at radius 3 is 2.72 bits per heavy atom. The highest BCUT2D eigenvalue weighted by molar-refractivity contribution is 9.11. The van der Waals surface area contributed by atoms with Gasteiger partial charge in [-0.2, -0.15) is 0 Å². The Labute approximate surface area is 123 Å². The van der Waals surface area contributed by atoms with E-state index in [-0.39, 0.29) is 0 Å². The van der Waals surface area contributed by atoms with E-state index < -0.39 is 0 Å². The standard InChI is InChI=1S/C11H13BrN4S2/c1-13-9-5-10(16-11(15-9)17-2)14-6-7-3-4-8(12)18-7/h3-5H,6H2,1-2H3,(H2,13,14,15,16). The Morgan fingerprint density at radius 1 is 1.33 bits per heavy atom. The van der Waals surface area contributed by atoms with Crippen LogP contribution in [-0.4, -0.2) is 23.3 Å². The van der Waals surface area contributed by atoms with Crippen molar-refractivity contribution in [1.82, 2.24) is 9.97 Å². The lowest BCUT2D eigenvalue weighted by atomic mass is 10.4. The van der Waals surface area contributed by atoms with Gasteiger partial charge in [-0.15, -0.1) is 11.3 Å². The first-order valence-corrected chi connectivity index (χ1v) is 8.13. The van der Waals surface area contributed by atoms with Crippen molar-refractivity contribution in [3.63, 3.8) is 0 Å². The number of nitrogens with zero attached hydrogens (tertiary/aromatic N) is 2. The highest BCUT2D eigenvalue weighted by atomic mass is 79.9. The zero-order chi connectivity index (χ0) is 13.0. The van der Waals surface area contributed by atoms with Gasteiger partial charge in [0.15, 0.2) is 5.16 Å². The van der Waals surface area contributed by atoms with E-state index in [2.05, 4.69) is 42.6 Å². The summed E-state index contributed by atoms with van der Waals surface area (Å²) in [7, 11) is 1.85. The lowest BCUT2D eigenvalue weighted by Gasteiger charge is -2.07. The Hall–Kier alpha value is -0.790. The average Bonchev–Trinajstić information content (AvgIpc) is 2.81. The van der Waals surface area contributed by atoms with E-state index in [1.165, 1.54) is 16.6 Å². The van der Waals surface area contributed by atoms with Gasteiger partial charge >= 0.3 is 0 Å². The molecule has 18 heavy (non-hydrogen) atoms. The van der Waals surface area contributed by atoms with Crippen LogP contribution in [0.25, 0.3) is 0 Å². The summed E-state index contributed by atoms with van der Waals surface area (Å²) in [5.74, 6) is 1.66. The molecule has 0 spiro atoms. The second-order valence-corrected chi connectivity index (χ2v) is 6.76. The van der Waals surface area contributed by atoms with Gasteiger partial charge < -0.3 is 10.6 Å². The number of anilines is 2. The quantitative estimate of drug-likeness (QED) is 0.640. The number of thiophene rings is 1. The van der Waals surface area contributed by atoms with Crippen LogP contribution in [-0.2, 0) is 6.54 Å². The number of nitrogens with one attached hydrogen (secondary N) is 2. The third kappa shape index (κ3) is 3.60. The topological polar surface area (TPSA) is 49.8 Å². The van der Waals surface area contributed by atoms with Crippen LogP contribution in [0.15, 0.2) is 27.1 Å². The zero-order valence-electron chi connectivity index (χ0n) is 10.0. The van der Waals surface area contributed by atoms with Crippen LogP contribution in [0.2, 0.25) is 0 Å².